The van der Waals surface area contributed by atoms with E-state index in [4.69, 9.17) is 13.9 Å². The summed E-state index contributed by atoms with van der Waals surface area (Å²) in [6.07, 6.45) is 4.28. The van der Waals surface area contributed by atoms with Gasteiger partial charge in [-0.2, -0.15) is 0 Å². The van der Waals surface area contributed by atoms with E-state index in [0.29, 0.717) is 28.0 Å². The van der Waals surface area contributed by atoms with Crippen LogP contribution < -0.4 is 4.74 Å². The molecule has 0 amide bonds. The number of ketones is 2. The van der Waals surface area contributed by atoms with Gasteiger partial charge in [0.2, 0.25) is 17.2 Å². The van der Waals surface area contributed by atoms with E-state index in [2.05, 4.69) is 0 Å². The molecule has 3 aromatic carbocycles. The van der Waals surface area contributed by atoms with Gasteiger partial charge in [0.15, 0.2) is 0 Å². The Morgan fingerprint density at radius 3 is 1.88 bits per heavy atom. The van der Waals surface area contributed by atoms with E-state index < -0.39 is 23.3 Å². The normalized spacial score (nSPS) is 16.6. The first-order valence-corrected chi connectivity index (χ1v) is 10.9. The highest BCUT2D eigenvalue weighted by molar-refractivity contribution is 6.30. The molecule has 1 unspecified atom stereocenters. The first kappa shape index (κ1) is 21.6. The average molecular weight is 450 g/mol. The van der Waals surface area contributed by atoms with Crippen LogP contribution in [0.3, 0.4) is 0 Å². The molecule has 168 valence electrons. The van der Waals surface area contributed by atoms with Gasteiger partial charge in [0.1, 0.15) is 11.9 Å². The minimum Gasteiger partial charge on any atom is -0.497 e. The van der Waals surface area contributed by atoms with Crippen molar-refractivity contribution >= 4 is 17.1 Å². The van der Waals surface area contributed by atoms with Crippen LogP contribution >= 0.6 is 0 Å². The van der Waals surface area contributed by atoms with Gasteiger partial charge in [-0.15, -0.1) is 0 Å². The van der Waals surface area contributed by atoms with E-state index in [1.54, 1.807) is 80.1 Å². The summed E-state index contributed by atoms with van der Waals surface area (Å²) in [6.45, 7) is 0. The predicted octanol–water partition coefficient (Wildman–Crippen LogP) is 5.95. The van der Waals surface area contributed by atoms with Crippen LogP contribution in [-0.4, -0.2) is 24.3 Å². The molecule has 0 fully saturated rings. The number of ether oxygens (including phenoxy) is 2. The summed E-state index contributed by atoms with van der Waals surface area (Å²) >= 11 is 0. The summed E-state index contributed by atoms with van der Waals surface area (Å²) in [5.74, 6) is -0.172. The lowest BCUT2D eigenvalue weighted by atomic mass is 9.77. The molecule has 34 heavy (non-hydrogen) atoms. The zero-order valence-electron chi connectivity index (χ0n) is 18.5. The smallest absolute Gasteiger partial charge is 0.220 e. The molecule has 0 spiro atoms. The maximum Gasteiger partial charge on any atom is 0.220 e. The first-order chi connectivity index (χ1) is 16.6. The summed E-state index contributed by atoms with van der Waals surface area (Å²) < 4.78 is 17.0. The van der Waals surface area contributed by atoms with Gasteiger partial charge in [-0.3, -0.25) is 9.59 Å². The number of Topliss-reactive ketones (excluding diaryl/α,β-unsaturated/α-hetero) is 2. The second-order valence-corrected chi connectivity index (χ2v) is 7.98. The van der Waals surface area contributed by atoms with Crippen LogP contribution in [0.15, 0.2) is 114 Å². The number of furan rings is 1. The lowest BCUT2D eigenvalue weighted by Gasteiger charge is -2.30. The summed E-state index contributed by atoms with van der Waals surface area (Å²) in [5, 5.41) is 0. The molecule has 0 saturated heterocycles. The third kappa shape index (κ3) is 3.66. The molecule has 1 aromatic heterocycles. The molecular weight excluding hydrogens is 428 g/mol. The number of benzene rings is 3. The Balaban J connectivity index is 1.73. The minimum absolute atomic E-state index is 0.388. The number of rotatable bonds is 7. The molecule has 0 bridgehead atoms. The quantitative estimate of drug-likeness (QED) is 0.257. The summed E-state index contributed by atoms with van der Waals surface area (Å²) in [4.78, 5) is 28.3. The Bertz CT molecular complexity index is 1270. The van der Waals surface area contributed by atoms with E-state index in [-0.39, 0.29) is 0 Å². The minimum atomic E-state index is -1.88. The van der Waals surface area contributed by atoms with Crippen molar-refractivity contribution in [3.05, 3.63) is 132 Å². The first-order valence-electron chi connectivity index (χ1n) is 10.9. The van der Waals surface area contributed by atoms with E-state index >= 15 is 0 Å². The molecule has 1 aliphatic heterocycles. The van der Waals surface area contributed by atoms with E-state index in [1.807, 2.05) is 30.3 Å². The van der Waals surface area contributed by atoms with Gasteiger partial charge in [-0.1, -0.05) is 72.8 Å². The van der Waals surface area contributed by atoms with E-state index in [1.165, 1.54) is 6.26 Å². The average Bonchev–Trinajstić information content (AvgIpc) is 3.58. The van der Waals surface area contributed by atoms with Crippen molar-refractivity contribution in [1.29, 1.82) is 0 Å². The Kier molecular flexibility index (Phi) is 5.70. The standard InChI is InChI=1S/C29H22O5/c1-32-24-14-12-20(13-15-24)25-18-26(23-16-17-33-19-23)34-29(25,27(30)21-8-4-2-5-9-21)28(31)22-10-6-3-7-11-22/h2-19,26H,1H3. The van der Waals surface area contributed by atoms with Gasteiger partial charge in [0.25, 0.3) is 0 Å². The molecule has 4 aromatic rings. The molecule has 5 nitrogen and oxygen atoms in total. The van der Waals surface area contributed by atoms with Crippen molar-refractivity contribution in [2.45, 2.75) is 11.7 Å². The van der Waals surface area contributed by atoms with Crippen molar-refractivity contribution in [1.82, 2.24) is 0 Å². The number of carbonyl (C=O) groups excluding carboxylic acids is 2. The molecule has 5 heteroatoms. The molecule has 1 atom stereocenters. The number of methoxy groups -OCH3 is 1. The van der Waals surface area contributed by atoms with Crippen molar-refractivity contribution in [3.63, 3.8) is 0 Å². The van der Waals surface area contributed by atoms with E-state index in [0.717, 1.165) is 5.56 Å². The predicted molar refractivity (Wildman–Crippen MR) is 128 cm³/mol. The number of hydrogen-bond donors (Lipinski definition) is 0. The van der Waals surface area contributed by atoms with Gasteiger partial charge in [0, 0.05) is 22.3 Å². The monoisotopic (exact) mass is 450 g/mol. The largest absolute Gasteiger partial charge is 0.497 e. The summed E-state index contributed by atoms with van der Waals surface area (Å²) in [6, 6.07) is 26.5. The highest BCUT2D eigenvalue weighted by Crippen LogP contribution is 2.47. The zero-order chi connectivity index (χ0) is 23.5. The van der Waals surface area contributed by atoms with Gasteiger partial charge in [0.05, 0.1) is 19.6 Å². The van der Waals surface area contributed by atoms with Crippen LogP contribution in [0.1, 0.15) is 37.9 Å². The van der Waals surface area contributed by atoms with Gasteiger partial charge < -0.3 is 13.9 Å². The lowest BCUT2D eigenvalue weighted by molar-refractivity contribution is 0.000266. The van der Waals surface area contributed by atoms with E-state index in [9.17, 15) is 9.59 Å². The summed E-state index contributed by atoms with van der Waals surface area (Å²) in [5.41, 5.74) is 0.802. The van der Waals surface area contributed by atoms with Crippen molar-refractivity contribution in [2.24, 2.45) is 0 Å². The lowest BCUT2D eigenvalue weighted by Crippen LogP contribution is -2.48. The SMILES string of the molecule is COc1ccc(C2=CC(c3ccoc3)OC2(C(=O)c2ccccc2)C(=O)c2ccccc2)cc1. The number of carbonyl (C=O) groups is 2. The molecule has 1 aliphatic rings. The second-order valence-electron chi connectivity index (χ2n) is 7.98. The Labute approximate surface area is 197 Å². The number of hydrogen-bond acceptors (Lipinski definition) is 5. The van der Waals surface area contributed by atoms with Gasteiger partial charge in [-0.05, 0) is 29.8 Å². The Morgan fingerprint density at radius 1 is 0.794 bits per heavy atom. The molecule has 0 radical (unpaired) electrons. The second kappa shape index (κ2) is 8.96. The van der Waals surface area contributed by atoms with Crippen molar-refractivity contribution in [2.75, 3.05) is 7.11 Å². The molecule has 0 N–H and O–H groups in total. The maximum atomic E-state index is 14.2. The van der Waals surface area contributed by atoms with Gasteiger partial charge >= 0.3 is 0 Å². The van der Waals surface area contributed by atoms with Crippen LogP contribution in [0.2, 0.25) is 0 Å². The molecule has 0 saturated carbocycles. The van der Waals surface area contributed by atoms with Crippen molar-refractivity contribution in [3.8, 4) is 5.75 Å². The molecule has 0 aliphatic carbocycles. The van der Waals surface area contributed by atoms with Crippen molar-refractivity contribution < 1.29 is 23.5 Å². The van der Waals surface area contributed by atoms with Crippen LogP contribution in [0.25, 0.3) is 5.57 Å². The topological polar surface area (TPSA) is 65.7 Å². The van der Waals surface area contributed by atoms with Gasteiger partial charge in [-0.25, -0.2) is 0 Å². The molecule has 2 heterocycles. The molecule has 5 rings (SSSR count). The maximum absolute atomic E-state index is 14.2. The Hall–Kier alpha value is -4.22. The summed E-state index contributed by atoms with van der Waals surface area (Å²) in [7, 11) is 1.59. The highest BCUT2D eigenvalue weighted by atomic mass is 16.5. The fourth-order valence-electron chi connectivity index (χ4n) is 4.27. The van der Waals surface area contributed by atoms with Crippen LogP contribution in [0, 0.1) is 0 Å². The third-order valence-electron chi connectivity index (χ3n) is 5.99. The molecular formula is C29H22O5. The fourth-order valence-corrected chi connectivity index (χ4v) is 4.27. The Morgan fingerprint density at radius 2 is 1.38 bits per heavy atom. The third-order valence-corrected chi connectivity index (χ3v) is 5.99. The fraction of sp³-hybridized carbons (Fsp3) is 0.103. The van der Waals surface area contributed by atoms with Crippen LogP contribution in [0.5, 0.6) is 5.75 Å². The highest BCUT2D eigenvalue weighted by Gasteiger charge is 2.56. The van der Waals surface area contributed by atoms with Crippen LogP contribution in [0.4, 0.5) is 0 Å². The van der Waals surface area contributed by atoms with Crippen LogP contribution in [-0.2, 0) is 4.74 Å². The zero-order valence-corrected chi connectivity index (χ0v) is 18.5.